The van der Waals surface area contributed by atoms with Gasteiger partial charge in [0.15, 0.2) is 5.76 Å². The van der Waals surface area contributed by atoms with E-state index in [-0.39, 0.29) is 18.4 Å². The summed E-state index contributed by atoms with van der Waals surface area (Å²) in [6, 6.07) is 15.6. The monoisotopic (exact) mass is 475 g/mol. The van der Waals surface area contributed by atoms with Crippen LogP contribution in [0.15, 0.2) is 71.0 Å². The Balaban J connectivity index is 1.38. The van der Waals surface area contributed by atoms with E-state index < -0.39 is 6.29 Å². The third-order valence-corrected chi connectivity index (χ3v) is 6.96. The standard InChI is InChI=1S/C29H33NO5/c31-18-21-10-12-22(13-11-21)19-34-28-17-23(25-20-33-26-9-5-4-8-24(25)26)16-27(35-28)29(32)30-14-6-2-1-3-7-15-30/h4-5,8-13,16,20,23,28,31H,1-3,6-7,14-15,17-19H2. The number of furan rings is 1. The number of ether oxygens (including phenoxy) is 2. The van der Waals surface area contributed by atoms with E-state index in [2.05, 4.69) is 6.07 Å². The largest absolute Gasteiger partial charge is 0.464 e. The summed E-state index contributed by atoms with van der Waals surface area (Å²) < 4.78 is 18.1. The normalized spacial score (nSPS) is 21.2. The molecule has 0 spiro atoms. The van der Waals surface area contributed by atoms with E-state index >= 15 is 0 Å². The number of carbonyl (C=O) groups is 1. The number of para-hydroxylation sites is 1. The van der Waals surface area contributed by atoms with Gasteiger partial charge in [-0.3, -0.25) is 4.79 Å². The van der Waals surface area contributed by atoms with Crippen molar-refractivity contribution in [2.24, 2.45) is 0 Å². The van der Waals surface area contributed by atoms with Gasteiger partial charge in [0, 0.05) is 36.4 Å². The van der Waals surface area contributed by atoms with Crippen molar-refractivity contribution in [3.63, 3.8) is 0 Å². The first-order valence-corrected chi connectivity index (χ1v) is 12.7. The Labute approximate surface area is 206 Å². The molecule has 2 aromatic carbocycles. The molecule has 6 heteroatoms. The molecule has 184 valence electrons. The lowest BCUT2D eigenvalue weighted by atomic mass is 9.92. The highest BCUT2D eigenvalue weighted by molar-refractivity contribution is 5.92. The number of hydrogen-bond acceptors (Lipinski definition) is 5. The zero-order chi connectivity index (χ0) is 24.0. The van der Waals surface area contributed by atoms with Crippen molar-refractivity contribution in [3.05, 3.63) is 83.3 Å². The Morgan fingerprint density at radius 2 is 1.69 bits per heavy atom. The van der Waals surface area contributed by atoms with Gasteiger partial charge in [0.2, 0.25) is 6.29 Å². The van der Waals surface area contributed by atoms with Gasteiger partial charge in [-0.05, 0) is 36.1 Å². The molecule has 1 N–H and O–H groups in total. The van der Waals surface area contributed by atoms with Gasteiger partial charge in [-0.15, -0.1) is 0 Å². The number of benzene rings is 2. The summed E-state index contributed by atoms with van der Waals surface area (Å²) in [5.74, 6) is 0.265. The molecule has 5 rings (SSSR count). The van der Waals surface area contributed by atoms with Crippen LogP contribution in [0, 0.1) is 0 Å². The maximum Gasteiger partial charge on any atom is 0.288 e. The van der Waals surface area contributed by atoms with Gasteiger partial charge in [-0.1, -0.05) is 61.7 Å². The first-order valence-electron chi connectivity index (χ1n) is 12.7. The highest BCUT2D eigenvalue weighted by Crippen LogP contribution is 2.37. The quantitative estimate of drug-likeness (QED) is 0.499. The number of rotatable bonds is 6. The summed E-state index contributed by atoms with van der Waals surface area (Å²) in [6.45, 7) is 1.91. The van der Waals surface area contributed by atoms with Gasteiger partial charge in [0.05, 0.1) is 19.5 Å². The van der Waals surface area contributed by atoms with Crippen LogP contribution >= 0.6 is 0 Å². The predicted octanol–water partition coefficient (Wildman–Crippen LogP) is 5.65. The maximum absolute atomic E-state index is 13.5. The second-order valence-corrected chi connectivity index (χ2v) is 9.45. The zero-order valence-corrected chi connectivity index (χ0v) is 20.0. The smallest absolute Gasteiger partial charge is 0.288 e. The summed E-state index contributed by atoms with van der Waals surface area (Å²) >= 11 is 0. The van der Waals surface area contributed by atoms with E-state index in [4.69, 9.17) is 13.9 Å². The van der Waals surface area contributed by atoms with Crippen LogP contribution in [0.3, 0.4) is 0 Å². The number of aliphatic hydroxyl groups excluding tert-OH is 1. The molecule has 2 atom stereocenters. The van der Waals surface area contributed by atoms with Crippen LogP contribution in [0.4, 0.5) is 0 Å². The molecule has 2 aliphatic rings. The van der Waals surface area contributed by atoms with Crippen LogP contribution in [0.25, 0.3) is 11.0 Å². The number of allylic oxidation sites excluding steroid dienone is 1. The van der Waals surface area contributed by atoms with Crippen molar-refractivity contribution in [2.75, 3.05) is 13.1 Å². The lowest BCUT2D eigenvalue weighted by Crippen LogP contribution is -2.38. The molecule has 0 bridgehead atoms. The summed E-state index contributed by atoms with van der Waals surface area (Å²) in [6.07, 6.45) is 9.40. The van der Waals surface area contributed by atoms with Gasteiger partial charge < -0.3 is 23.9 Å². The fourth-order valence-corrected chi connectivity index (χ4v) is 4.95. The zero-order valence-electron chi connectivity index (χ0n) is 20.0. The van der Waals surface area contributed by atoms with Crippen molar-refractivity contribution < 1.29 is 23.8 Å². The molecule has 3 aromatic rings. The molecular formula is C29H33NO5. The summed E-state index contributed by atoms with van der Waals surface area (Å²) in [5.41, 5.74) is 3.73. The third-order valence-electron chi connectivity index (χ3n) is 6.96. The van der Waals surface area contributed by atoms with Crippen LogP contribution in [0.5, 0.6) is 0 Å². The molecule has 1 amide bonds. The number of amides is 1. The molecular weight excluding hydrogens is 442 g/mol. The SMILES string of the molecule is O=C(C1=CC(c2coc3ccccc23)CC(OCc2ccc(CO)cc2)O1)N1CCCCCCC1. The maximum atomic E-state index is 13.5. The van der Waals surface area contributed by atoms with E-state index in [9.17, 15) is 9.90 Å². The van der Waals surface area contributed by atoms with Gasteiger partial charge in [-0.25, -0.2) is 0 Å². The van der Waals surface area contributed by atoms with E-state index in [1.807, 2.05) is 53.4 Å². The molecule has 35 heavy (non-hydrogen) atoms. The van der Waals surface area contributed by atoms with Gasteiger partial charge in [0.25, 0.3) is 5.91 Å². The molecule has 1 fully saturated rings. The van der Waals surface area contributed by atoms with Crippen molar-refractivity contribution in [3.8, 4) is 0 Å². The van der Waals surface area contributed by atoms with Crippen molar-refractivity contribution in [2.45, 2.75) is 63.9 Å². The minimum absolute atomic E-state index is 0.0139. The molecule has 1 saturated heterocycles. The van der Waals surface area contributed by atoms with Crippen molar-refractivity contribution in [1.82, 2.24) is 4.90 Å². The number of nitrogens with zero attached hydrogens (tertiary/aromatic N) is 1. The van der Waals surface area contributed by atoms with Crippen LogP contribution < -0.4 is 0 Å². The van der Waals surface area contributed by atoms with E-state index in [1.165, 1.54) is 6.42 Å². The third kappa shape index (κ3) is 5.60. The topological polar surface area (TPSA) is 72.1 Å². The number of fused-ring (bicyclic) bond motifs is 1. The molecule has 6 nitrogen and oxygen atoms in total. The van der Waals surface area contributed by atoms with E-state index in [1.54, 1.807) is 6.26 Å². The Hall–Kier alpha value is -3.09. The lowest BCUT2D eigenvalue weighted by Gasteiger charge is -2.32. The van der Waals surface area contributed by atoms with Crippen LogP contribution in [-0.4, -0.2) is 35.3 Å². The Morgan fingerprint density at radius 3 is 2.46 bits per heavy atom. The molecule has 3 heterocycles. The van der Waals surface area contributed by atoms with Crippen LogP contribution in [0.2, 0.25) is 0 Å². The fourth-order valence-electron chi connectivity index (χ4n) is 4.95. The van der Waals surface area contributed by atoms with Gasteiger partial charge >= 0.3 is 0 Å². The minimum atomic E-state index is -0.551. The average molecular weight is 476 g/mol. The Kier molecular flexibility index (Phi) is 7.50. The number of likely N-dealkylation sites (tertiary alicyclic amines) is 1. The molecule has 2 unspecified atom stereocenters. The molecule has 0 aliphatic carbocycles. The summed E-state index contributed by atoms with van der Waals surface area (Å²) in [4.78, 5) is 15.5. The van der Waals surface area contributed by atoms with Gasteiger partial charge in [0.1, 0.15) is 5.58 Å². The first kappa shape index (κ1) is 23.6. The highest BCUT2D eigenvalue weighted by Gasteiger charge is 2.32. The first-order chi connectivity index (χ1) is 17.2. The number of aliphatic hydroxyl groups is 1. The second-order valence-electron chi connectivity index (χ2n) is 9.45. The fraction of sp³-hybridized carbons (Fsp3) is 0.414. The summed E-state index contributed by atoms with van der Waals surface area (Å²) in [7, 11) is 0. The van der Waals surface area contributed by atoms with Crippen LogP contribution in [-0.2, 0) is 27.5 Å². The van der Waals surface area contributed by atoms with Crippen molar-refractivity contribution >= 4 is 16.9 Å². The van der Waals surface area contributed by atoms with Crippen molar-refractivity contribution in [1.29, 1.82) is 0 Å². The molecule has 0 saturated carbocycles. The number of hydrogen-bond donors (Lipinski definition) is 1. The molecule has 0 radical (unpaired) electrons. The number of carbonyl (C=O) groups excluding carboxylic acids is 1. The second kappa shape index (κ2) is 11.1. The molecule has 2 aliphatic heterocycles. The van der Waals surface area contributed by atoms with Gasteiger partial charge in [-0.2, -0.15) is 0 Å². The minimum Gasteiger partial charge on any atom is -0.464 e. The summed E-state index contributed by atoms with van der Waals surface area (Å²) in [5, 5.41) is 10.3. The predicted molar refractivity (Wildman–Crippen MR) is 133 cm³/mol. The molecule has 1 aromatic heterocycles. The van der Waals surface area contributed by atoms with Crippen LogP contribution in [0.1, 0.15) is 61.1 Å². The average Bonchev–Trinajstić information content (AvgIpc) is 3.31. The van der Waals surface area contributed by atoms with E-state index in [0.29, 0.717) is 18.8 Å². The highest BCUT2D eigenvalue weighted by atomic mass is 16.7. The Morgan fingerprint density at radius 1 is 0.971 bits per heavy atom. The lowest BCUT2D eigenvalue weighted by molar-refractivity contribution is -0.156. The Bertz CT molecular complexity index is 1160. The van der Waals surface area contributed by atoms with E-state index in [0.717, 1.165) is 66.4 Å².